The average molecular weight is 379 g/mol. The van der Waals surface area contributed by atoms with Crippen LogP contribution in [-0.4, -0.2) is 76.6 Å². The van der Waals surface area contributed by atoms with Crippen LogP contribution in [0.5, 0.6) is 0 Å². The first kappa shape index (κ1) is 23.1. The van der Waals surface area contributed by atoms with Crippen molar-refractivity contribution in [1.29, 1.82) is 0 Å². The van der Waals surface area contributed by atoms with E-state index in [1.807, 2.05) is 0 Å². The van der Waals surface area contributed by atoms with E-state index in [4.69, 9.17) is 16.3 Å². The summed E-state index contributed by atoms with van der Waals surface area (Å²) in [7, 11) is 0. The lowest BCUT2D eigenvalue weighted by molar-refractivity contribution is -0.0618. The lowest BCUT2D eigenvalue weighted by Crippen LogP contribution is -2.59. The first-order valence-electron chi connectivity index (χ1n) is 9.62. The quantitative estimate of drug-likeness (QED) is 0.482. The Kier molecular flexibility index (Phi) is 9.65. The molecule has 3 N–H and O–H groups in total. The van der Waals surface area contributed by atoms with E-state index in [9.17, 15) is 10.2 Å². The van der Waals surface area contributed by atoms with E-state index >= 15 is 0 Å². The van der Waals surface area contributed by atoms with Crippen LogP contribution < -0.4 is 5.32 Å². The standard InChI is InChI=1S/C19H39ClN2O3/c1-6-7-8-22(12-15(23)11-20)13-16(24)14-25-17-9-18(2,3)21-19(4,5)10-17/h15-17,21,23-24H,6-14H2,1-5H3. The molecule has 6 heteroatoms. The minimum Gasteiger partial charge on any atom is -0.391 e. The number of nitrogens with one attached hydrogen (secondary N) is 1. The smallest absolute Gasteiger partial charge is 0.0900 e. The predicted molar refractivity (Wildman–Crippen MR) is 104 cm³/mol. The molecule has 0 aromatic carbocycles. The zero-order valence-corrected chi connectivity index (χ0v) is 17.5. The molecular weight excluding hydrogens is 340 g/mol. The number of halogens is 1. The molecule has 2 atom stereocenters. The van der Waals surface area contributed by atoms with Crippen LogP contribution in [0.15, 0.2) is 0 Å². The van der Waals surface area contributed by atoms with Gasteiger partial charge in [0.2, 0.25) is 0 Å². The van der Waals surface area contributed by atoms with E-state index in [0.29, 0.717) is 19.7 Å². The van der Waals surface area contributed by atoms with Crippen molar-refractivity contribution in [2.45, 2.75) is 89.7 Å². The Morgan fingerprint density at radius 2 is 1.68 bits per heavy atom. The maximum atomic E-state index is 10.4. The molecule has 0 radical (unpaired) electrons. The highest BCUT2D eigenvalue weighted by Crippen LogP contribution is 2.30. The van der Waals surface area contributed by atoms with Crippen LogP contribution in [-0.2, 0) is 4.74 Å². The molecule has 0 bridgehead atoms. The Hall–Kier alpha value is 0.0900. The number of piperidine rings is 1. The monoisotopic (exact) mass is 378 g/mol. The van der Waals surface area contributed by atoms with Crippen molar-refractivity contribution in [2.75, 3.05) is 32.1 Å². The molecule has 0 aromatic rings. The Labute approximate surface area is 159 Å². The van der Waals surface area contributed by atoms with Crippen molar-refractivity contribution in [1.82, 2.24) is 10.2 Å². The molecule has 1 saturated heterocycles. The molecule has 1 aliphatic heterocycles. The fourth-order valence-corrected chi connectivity index (χ4v) is 4.03. The molecule has 5 nitrogen and oxygen atoms in total. The molecule has 1 fully saturated rings. The Morgan fingerprint density at radius 3 is 2.20 bits per heavy atom. The molecule has 1 rings (SSSR count). The largest absolute Gasteiger partial charge is 0.391 e. The van der Waals surface area contributed by atoms with Crippen molar-refractivity contribution < 1.29 is 14.9 Å². The molecule has 25 heavy (non-hydrogen) atoms. The summed E-state index contributed by atoms with van der Waals surface area (Å²) in [5.41, 5.74) is 0.0734. The van der Waals surface area contributed by atoms with E-state index < -0.39 is 12.2 Å². The van der Waals surface area contributed by atoms with Crippen molar-refractivity contribution in [3.05, 3.63) is 0 Å². The van der Waals surface area contributed by atoms with Crippen LogP contribution in [0.2, 0.25) is 0 Å². The van der Waals surface area contributed by atoms with Gasteiger partial charge in [-0.3, -0.25) is 4.90 Å². The Balaban J connectivity index is 2.46. The molecule has 0 saturated carbocycles. The van der Waals surface area contributed by atoms with Gasteiger partial charge in [0.15, 0.2) is 0 Å². The lowest BCUT2D eigenvalue weighted by Gasteiger charge is -2.46. The highest BCUT2D eigenvalue weighted by Gasteiger charge is 2.38. The van der Waals surface area contributed by atoms with Gasteiger partial charge in [-0.1, -0.05) is 13.3 Å². The van der Waals surface area contributed by atoms with Gasteiger partial charge in [0, 0.05) is 30.0 Å². The van der Waals surface area contributed by atoms with Gasteiger partial charge in [-0.2, -0.15) is 0 Å². The third-order valence-electron chi connectivity index (χ3n) is 4.62. The second kappa shape index (κ2) is 10.4. The van der Waals surface area contributed by atoms with Crippen molar-refractivity contribution >= 4 is 11.6 Å². The molecule has 0 aromatic heterocycles. The number of rotatable bonds is 11. The highest BCUT2D eigenvalue weighted by atomic mass is 35.5. The van der Waals surface area contributed by atoms with Crippen LogP contribution in [0.3, 0.4) is 0 Å². The summed E-state index contributed by atoms with van der Waals surface area (Å²) < 4.78 is 6.05. The maximum absolute atomic E-state index is 10.4. The van der Waals surface area contributed by atoms with E-state index in [1.54, 1.807) is 0 Å². The minimum atomic E-state index is -0.558. The number of aliphatic hydroxyl groups is 2. The molecular formula is C19H39ClN2O3. The first-order chi connectivity index (χ1) is 11.6. The summed E-state index contributed by atoms with van der Waals surface area (Å²) in [6, 6.07) is 0. The highest BCUT2D eigenvalue weighted by molar-refractivity contribution is 6.18. The minimum absolute atomic E-state index is 0.0367. The summed E-state index contributed by atoms with van der Waals surface area (Å²) in [6.45, 7) is 13.1. The van der Waals surface area contributed by atoms with Gasteiger partial charge in [0.1, 0.15) is 0 Å². The SMILES string of the molecule is CCCCN(CC(O)CCl)CC(O)COC1CC(C)(C)NC(C)(C)C1. The van der Waals surface area contributed by atoms with Gasteiger partial charge >= 0.3 is 0 Å². The van der Waals surface area contributed by atoms with Gasteiger partial charge < -0.3 is 20.3 Å². The zero-order chi connectivity index (χ0) is 19.1. The van der Waals surface area contributed by atoms with Crippen LogP contribution in [0, 0.1) is 0 Å². The fraction of sp³-hybridized carbons (Fsp3) is 1.00. The Morgan fingerprint density at radius 1 is 1.12 bits per heavy atom. The maximum Gasteiger partial charge on any atom is 0.0900 e. The number of hydrogen-bond donors (Lipinski definition) is 3. The van der Waals surface area contributed by atoms with Gasteiger partial charge in [-0.25, -0.2) is 0 Å². The molecule has 1 heterocycles. The summed E-state index contributed by atoms with van der Waals surface area (Å²) in [5, 5.41) is 23.8. The molecule has 150 valence electrons. The van der Waals surface area contributed by atoms with Crippen molar-refractivity contribution in [3.8, 4) is 0 Å². The fourth-order valence-electron chi connectivity index (χ4n) is 3.93. The summed E-state index contributed by atoms with van der Waals surface area (Å²) >= 11 is 5.71. The lowest BCUT2D eigenvalue weighted by atomic mass is 9.81. The van der Waals surface area contributed by atoms with Crippen LogP contribution in [0.1, 0.15) is 60.3 Å². The predicted octanol–water partition coefficient (Wildman–Crippen LogP) is 2.37. The topological polar surface area (TPSA) is 65.0 Å². The molecule has 0 amide bonds. The van der Waals surface area contributed by atoms with Crippen LogP contribution in [0.25, 0.3) is 0 Å². The number of nitrogens with zero attached hydrogens (tertiary/aromatic N) is 1. The van der Waals surface area contributed by atoms with Crippen LogP contribution >= 0.6 is 11.6 Å². The molecule has 1 aliphatic rings. The van der Waals surface area contributed by atoms with Crippen molar-refractivity contribution in [3.63, 3.8) is 0 Å². The third-order valence-corrected chi connectivity index (χ3v) is 4.98. The number of ether oxygens (including phenoxy) is 1. The number of aliphatic hydroxyl groups excluding tert-OH is 2. The van der Waals surface area contributed by atoms with Gasteiger partial charge in [0.05, 0.1) is 24.9 Å². The molecule has 0 spiro atoms. The first-order valence-corrected chi connectivity index (χ1v) is 10.2. The van der Waals surface area contributed by atoms with Gasteiger partial charge in [-0.05, 0) is 53.5 Å². The van der Waals surface area contributed by atoms with Crippen LogP contribution in [0.4, 0.5) is 0 Å². The summed E-state index contributed by atoms with van der Waals surface area (Å²) in [4.78, 5) is 2.08. The van der Waals surface area contributed by atoms with E-state index in [-0.39, 0.29) is 23.1 Å². The Bertz CT molecular complexity index is 364. The molecule has 2 unspecified atom stereocenters. The summed E-state index contributed by atoms with van der Waals surface area (Å²) in [5.74, 6) is 0.217. The van der Waals surface area contributed by atoms with Gasteiger partial charge in [-0.15, -0.1) is 11.6 Å². The van der Waals surface area contributed by atoms with E-state index in [1.165, 1.54) is 0 Å². The second-order valence-electron chi connectivity index (χ2n) is 8.83. The normalized spacial score (nSPS) is 22.9. The number of alkyl halides is 1. The van der Waals surface area contributed by atoms with E-state index in [2.05, 4.69) is 44.8 Å². The second-order valence-corrected chi connectivity index (χ2v) is 9.14. The average Bonchev–Trinajstić information content (AvgIpc) is 2.47. The summed E-state index contributed by atoms with van der Waals surface area (Å²) in [6.07, 6.45) is 3.04. The molecule has 0 aliphatic carbocycles. The van der Waals surface area contributed by atoms with Gasteiger partial charge in [0.25, 0.3) is 0 Å². The van der Waals surface area contributed by atoms with E-state index in [0.717, 1.165) is 32.2 Å². The number of hydrogen-bond acceptors (Lipinski definition) is 5. The number of unbranched alkanes of at least 4 members (excludes halogenated alkanes) is 1. The zero-order valence-electron chi connectivity index (χ0n) is 16.7. The van der Waals surface area contributed by atoms with Crippen molar-refractivity contribution in [2.24, 2.45) is 0 Å². The third kappa shape index (κ3) is 9.55.